The van der Waals surface area contributed by atoms with Gasteiger partial charge in [-0.25, -0.2) is 0 Å². The molecule has 1 aromatic heterocycles. The van der Waals surface area contributed by atoms with E-state index in [1.54, 1.807) is 4.80 Å². The molecule has 0 aliphatic carbocycles. The Bertz CT molecular complexity index is 1030. The van der Waals surface area contributed by atoms with E-state index < -0.39 is 0 Å². The van der Waals surface area contributed by atoms with Crippen LogP contribution in [0.4, 0.5) is 5.69 Å². The lowest BCUT2D eigenvalue weighted by atomic mass is 10.1. The van der Waals surface area contributed by atoms with Crippen molar-refractivity contribution in [3.63, 3.8) is 0 Å². The van der Waals surface area contributed by atoms with E-state index in [1.165, 1.54) is 6.92 Å². The highest BCUT2D eigenvalue weighted by Crippen LogP contribution is 2.23. The van der Waals surface area contributed by atoms with E-state index in [1.807, 2.05) is 42.5 Å². The van der Waals surface area contributed by atoms with E-state index in [0.717, 1.165) is 33.2 Å². The van der Waals surface area contributed by atoms with E-state index in [9.17, 15) is 4.79 Å². The molecule has 0 saturated carbocycles. The van der Waals surface area contributed by atoms with Gasteiger partial charge in [0.05, 0.1) is 5.69 Å². The summed E-state index contributed by atoms with van der Waals surface area (Å²) in [6.07, 6.45) is 0. The van der Waals surface area contributed by atoms with Crippen LogP contribution < -0.4 is 5.32 Å². The van der Waals surface area contributed by atoms with Crippen molar-refractivity contribution in [2.45, 2.75) is 6.92 Å². The SMILES string of the molecule is CC(=O)Nc1ccc2nn(-c3cccc4ccccc34)nc2c1. The van der Waals surface area contributed by atoms with Crippen LogP contribution in [0.15, 0.2) is 60.7 Å². The standard InChI is InChI=1S/C18H14N4O/c1-12(23)19-14-9-10-16-17(11-14)21-22(20-16)18-8-4-6-13-5-2-3-7-15(13)18/h2-11H,1H3,(H,19,23). The number of aromatic nitrogens is 3. The molecule has 0 radical (unpaired) electrons. The predicted molar refractivity (Wildman–Crippen MR) is 90.7 cm³/mol. The van der Waals surface area contributed by atoms with Crippen LogP contribution in [0.5, 0.6) is 0 Å². The quantitative estimate of drug-likeness (QED) is 0.616. The fraction of sp³-hybridized carbons (Fsp3) is 0.0556. The number of benzene rings is 3. The summed E-state index contributed by atoms with van der Waals surface area (Å²) in [5.74, 6) is -0.106. The molecule has 4 rings (SSSR count). The molecule has 5 nitrogen and oxygen atoms in total. The summed E-state index contributed by atoms with van der Waals surface area (Å²) in [6, 6.07) is 19.7. The molecule has 1 amide bonds. The molecule has 0 aliphatic heterocycles. The summed E-state index contributed by atoms with van der Waals surface area (Å²) in [6.45, 7) is 1.48. The summed E-state index contributed by atoms with van der Waals surface area (Å²) in [4.78, 5) is 12.8. The molecule has 0 aliphatic rings. The lowest BCUT2D eigenvalue weighted by molar-refractivity contribution is -0.114. The van der Waals surface area contributed by atoms with Gasteiger partial charge in [-0.15, -0.1) is 15.0 Å². The molecule has 0 fully saturated rings. The minimum atomic E-state index is -0.106. The van der Waals surface area contributed by atoms with Crippen molar-refractivity contribution in [2.75, 3.05) is 5.32 Å². The number of hydrogen-bond donors (Lipinski definition) is 1. The smallest absolute Gasteiger partial charge is 0.221 e. The normalized spacial score (nSPS) is 11.0. The Kier molecular flexibility index (Phi) is 3.05. The first-order chi connectivity index (χ1) is 11.2. The van der Waals surface area contributed by atoms with Gasteiger partial charge in [0.2, 0.25) is 5.91 Å². The molecule has 0 bridgehead atoms. The average Bonchev–Trinajstić information content (AvgIpc) is 2.96. The fourth-order valence-electron chi connectivity index (χ4n) is 2.69. The lowest BCUT2D eigenvalue weighted by Gasteiger charge is -2.04. The first-order valence-corrected chi connectivity index (χ1v) is 7.33. The van der Waals surface area contributed by atoms with Gasteiger partial charge in [-0.3, -0.25) is 4.79 Å². The second kappa shape index (κ2) is 5.21. The third kappa shape index (κ3) is 2.42. The highest BCUT2D eigenvalue weighted by atomic mass is 16.1. The van der Waals surface area contributed by atoms with Gasteiger partial charge in [-0.1, -0.05) is 36.4 Å². The number of carbonyl (C=O) groups excluding carboxylic acids is 1. The molecule has 0 spiro atoms. The van der Waals surface area contributed by atoms with Crippen molar-refractivity contribution in [2.24, 2.45) is 0 Å². The second-order valence-electron chi connectivity index (χ2n) is 5.37. The van der Waals surface area contributed by atoms with E-state index >= 15 is 0 Å². The zero-order valence-corrected chi connectivity index (χ0v) is 12.5. The molecule has 23 heavy (non-hydrogen) atoms. The Hall–Kier alpha value is -3.21. The Morgan fingerprint density at radius 1 is 0.957 bits per heavy atom. The Morgan fingerprint density at radius 3 is 2.61 bits per heavy atom. The molecule has 4 aromatic rings. The van der Waals surface area contributed by atoms with Gasteiger partial charge >= 0.3 is 0 Å². The third-order valence-corrected chi connectivity index (χ3v) is 3.68. The van der Waals surface area contributed by atoms with E-state index in [0.29, 0.717) is 0 Å². The predicted octanol–water partition coefficient (Wildman–Crippen LogP) is 3.53. The molecule has 0 unspecified atom stereocenters. The first kappa shape index (κ1) is 13.5. The zero-order chi connectivity index (χ0) is 15.8. The van der Waals surface area contributed by atoms with Crippen molar-refractivity contribution >= 4 is 33.4 Å². The van der Waals surface area contributed by atoms with Crippen LogP contribution >= 0.6 is 0 Å². The monoisotopic (exact) mass is 302 g/mol. The number of nitrogens with zero attached hydrogens (tertiary/aromatic N) is 3. The molecule has 0 atom stereocenters. The number of rotatable bonds is 2. The van der Waals surface area contributed by atoms with Gasteiger partial charge < -0.3 is 5.32 Å². The summed E-state index contributed by atoms with van der Waals surface area (Å²) in [5.41, 5.74) is 3.17. The lowest BCUT2D eigenvalue weighted by Crippen LogP contribution is -2.05. The molecular weight excluding hydrogens is 288 g/mol. The van der Waals surface area contributed by atoms with E-state index in [4.69, 9.17) is 0 Å². The number of anilines is 1. The van der Waals surface area contributed by atoms with Gasteiger partial charge in [0.15, 0.2) is 0 Å². The molecular formula is C18H14N4O. The van der Waals surface area contributed by atoms with Crippen molar-refractivity contribution in [3.05, 3.63) is 60.7 Å². The summed E-state index contributed by atoms with van der Waals surface area (Å²) in [7, 11) is 0. The molecule has 112 valence electrons. The van der Waals surface area contributed by atoms with Crippen molar-refractivity contribution < 1.29 is 4.79 Å². The van der Waals surface area contributed by atoms with Crippen LogP contribution in [0.3, 0.4) is 0 Å². The largest absolute Gasteiger partial charge is 0.326 e. The van der Waals surface area contributed by atoms with Crippen molar-refractivity contribution in [1.29, 1.82) is 0 Å². The maximum atomic E-state index is 11.2. The third-order valence-electron chi connectivity index (χ3n) is 3.68. The number of nitrogens with one attached hydrogen (secondary N) is 1. The van der Waals surface area contributed by atoms with Gasteiger partial charge in [-0.05, 0) is 29.7 Å². The Balaban J connectivity index is 1.86. The minimum absolute atomic E-state index is 0.106. The molecule has 1 N–H and O–H groups in total. The Labute approximate surface area is 132 Å². The summed E-state index contributed by atoms with van der Waals surface area (Å²) in [5, 5.41) is 14.1. The minimum Gasteiger partial charge on any atom is -0.326 e. The van der Waals surface area contributed by atoms with Crippen LogP contribution in [-0.2, 0) is 4.79 Å². The maximum absolute atomic E-state index is 11.2. The van der Waals surface area contributed by atoms with Crippen molar-refractivity contribution in [3.8, 4) is 5.69 Å². The van der Waals surface area contributed by atoms with E-state index in [2.05, 4.69) is 33.7 Å². The number of hydrogen-bond acceptors (Lipinski definition) is 3. The van der Waals surface area contributed by atoms with Gasteiger partial charge in [0.1, 0.15) is 11.0 Å². The van der Waals surface area contributed by atoms with Crippen LogP contribution in [0, 0.1) is 0 Å². The van der Waals surface area contributed by atoms with E-state index in [-0.39, 0.29) is 5.91 Å². The van der Waals surface area contributed by atoms with Gasteiger partial charge in [0, 0.05) is 18.0 Å². The van der Waals surface area contributed by atoms with Crippen LogP contribution in [0.2, 0.25) is 0 Å². The van der Waals surface area contributed by atoms with Crippen LogP contribution in [-0.4, -0.2) is 20.9 Å². The highest BCUT2D eigenvalue weighted by molar-refractivity contribution is 5.92. The maximum Gasteiger partial charge on any atom is 0.221 e. The Morgan fingerprint density at radius 2 is 1.74 bits per heavy atom. The summed E-state index contributed by atoms with van der Waals surface area (Å²) >= 11 is 0. The number of amides is 1. The molecule has 5 heteroatoms. The van der Waals surface area contributed by atoms with Crippen molar-refractivity contribution in [1.82, 2.24) is 15.0 Å². The average molecular weight is 302 g/mol. The molecule has 3 aromatic carbocycles. The van der Waals surface area contributed by atoms with Crippen LogP contribution in [0.1, 0.15) is 6.92 Å². The summed E-state index contributed by atoms with van der Waals surface area (Å²) < 4.78 is 0. The topological polar surface area (TPSA) is 59.8 Å². The van der Waals surface area contributed by atoms with Gasteiger partial charge in [-0.2, -0.15) is 0 Å². The zero-order valence-electron chi connectivity index (χ0n) is 12.5. The fourth-order valence-corrected chi connectivity index (χ4v) is 2.69. The number of carbonyl (C=O) groups is 1. The molecule has 1 heterocycles. The van der Waals surface area contributed by atoms with Gasteiger partial charge in [0.25, 0.3) is 0 Å². The number of fused-ring (bicyclic) bond motifs is 2. The second-order valence-corrected chi connectivity index (χ2v) is 5.37. The highest BCUT2D eigenvalue weighted by Gasteiger charge is 2.08. The molecule has 0 saturated heterocycles. The first-order valence-electron chi connectivity index (χ1n) is 7.33. The van der Waals surface area contributed by atoms with Crippen LogP contribution in [0.25, 0.3) is 27.5 Å².